The van der Waals surface area contributed by atoms with E-state index in [9.17, 15) is 9.59 Å². The van der Waals surface area contributed by atoms with Crippen molar-refractivity contribution in [2.75, 3.05) is 37.7 Å². The van der Waals surface area contributed by atoms with Gasteiger partial charge in [0, 0.05) is 43.5 Å². The lowest BCUT2D eigenvalue weighted by Gasteiger charge is -2.34. The zero-order valence-corrected chi connectivity index (χ0v) is 16.9. The summed E-state index contributed by atoms with van der Waals surface area (Å²) in [6, 6.07) is 9.74. The molecular formula is C20H24N4O3S. The van der Waals surface area contributed by atoms with E-state index in [1.807, 2.05) is 36.1 Å². The number of piperazine rings is 1. The van der Waals surface area contributed by atoms with E-state index < -0.39 is 0 Å². The van der Waals surface area contributed by atoms with Crippen LogP contribution in [0.4, 0.5) is 5.95 Å². The van der Waals surface area contributed by atoms with Gasteiger partial charge in [-0.25, -0.2) is 9.97 Å². The molecule has 1 amide bonds. The molecule has 1 aromatic heterocycles. The summed E-state index contributed by atoms with van der Waals surface area (Å²) >= 11 is 1.43. The van der Waals surface area contributed by atoms with E-state index in [2.05, 4.69) is 9.97 Å². The van der Waals surface area contributed by atoms with Gasteiger partial charge >= 0.3 is 5.97 Å². The summed E-state index contributed by atoms with van der Waals surface area (Å²) in [6.45, 7) is 6.01. The maximum atomic E-state index is 12.4. The third-order valence-corrected chi connectivity index (χ3v) is 5.56. The first-order valence-corrected chi connectivity index (χ1v) is 10.1. The van der Waals surface area contributed by atoms with Crippen LogP contribution >= 0.6 is 11.8 Å². The third kappa shape index (κ3) is 5.45. The minimum atomic E-state index is -0.379. The largest absolute Gasteiger partial charge is 0.455 e. The molecular weight excluding hydrogens is 376 g/mol. The first kappa shape index (κ1) is 20.1. The minimum Gasteiger partial charge on any atom is -0.455 e. The van der Waals surface area contributed by atoms with Crippen LogP contribution in [0.25, 0.3) is 0 Å². The van der Waals surface area contributed by atoms with E-state index >= 15 is 0 Å². The van der Waals surface area contributed by atoms with Crippen molar-refractivity contribution in [2.45, 2.75) is 24.0 Å². The Kier molecular flexibility index (Phi) is 6.86. The highest BCUT2D eigenvalue weighted by Crippen LogP contribution is 2.24. The Morgan fingerprint density at radius 3 is 2.39 bits per heavy atom. The normalized spacial score (nSPS) is 15.2. The van der Waals surface area contributed by atoms with Crippen molar-refractivity contribution in [1.29, 1.82) is 0 Å². The first-order chi connectivity index (χ1) is 13.5. The molecule has 0 N–H and O–H groups in total. The standard InChI is InChI=1S/C20H24N4O3S/c1-15-4-6-17(7-5-15)28-16(2)19(26)27-14-18(25)23-10-12-24(13-11-23)20-21-8-3-9-22-20/h3-9,16H,10-14H2,1-2H3/t16-/m0/s1. The number of aryl methyl sites for hydroxylation is 1. The molecule has 1 fully saturated rings. The van der Waals surface area contributed by atoms with Crippen LogP contribution < -0.4 is 4.90 Å². The lowest BCUT2D eigenvalue weighted by atomic mass is 10.2. The molecule has 0 saturated carbocycles. The number of amides is 1. The summed E-state index contributed by atoms with van der Waals surface area (Å²) < 4.78 is 5.24. The van der Waals surface area contributed by atoms with Crippen molar-refractivity contribution in [3.8, 4) is 0 Å². The van der Waals surface area contributed by atoms with Gasteiger partial charge in [-0.1, -0.05) is 17.7 Å². The smallest absolute Gasteiger partial charge is 0.319 e. The summed E-state index contributed by atoms with van der Waals surface area (Å²) in [6.07, 6.45) is 3.41. The topological polar surface area (TPSA) is 75.6 Å². The third-order valence-electron chi connectivity index (χ3n) is 4.47. The highest BCUT2D eigenvalue weighted by atomic mass is 32.2. The molecule has 1 aliphatic heterocycles. The number of ether oxygens (including phenoxy) is 1. The van der Waals surface area contributed by atoms with Crippen molar-refractivity contribution in [2.24, 2.45) is 0 Å². The number of anilines is 1. The van der Waals surface area contributed by atoms with E-state index in [-0.39, 0.29) is 23.7 Å². The molecule has 8 heteroatoms. The molecule has 2 aromatic rings. The first-order valence-electron chi connectivity index (χ1n) is 9.22. The highest BCUT2D eigenvalue weighted by Gasteiger charge is 2.24. The van der Waals surface area contributed by atoms with Crippen LogP contribution in [-0.2, 0) is 14.3 Å². The number of esters is 1. The van der Waals surface area contributed by atoms with Crippen molar-refractivity contribution in [3.63, 3.8) is 0 Å². The van der Waals surface area contributed by atoms with Crippen LogP contribution in [-0.4, -0.2) is 64.8 Å². The van der Waals surface area contributed by atoms with Gasteiger partial charge < -0.3 is 14.5 Å². The molecule has 3 rings (SSSR count). The van der Waals surface area contributed by atoms with Crippen molar-refractivity contribution >= 4 is 29.6 Å². The van der Waals surface area contributed by atoms with Gasteiger partial charge in [0.25, 0.3) is 5.91 Å². The number of hydrogen-bond acceptors (Lipinski definition) is 7. The average Bonchev–Trinajstić information content (AvgIpc) is 2.74. The minimum absolute atomic E-state index is 0.172. The number of carbonyl (C=O) groups excluding carboxylic acids is 2. The number of carbonyl (C=O) groups is 2. The lowest BCUT2D eigenvalue weighted by Crippen LogP contribution is -2.50. The summed E-state index contributed by atoms with van der Waals surface area (Å²) in [5.41, 5.74) is 1.17. The van der Waals surface area contributed by atoms with Gasteiger partial charge in [-0.3, -0.25) is 9.59 Å². The SMILES string of the molecule is Cc1ccc(S[C@@H](C)C(=O)OCC(=O)N2CCN(c3ncccn3)CC2)cc1. The zero-order valence-electron chi connectivity index (χ0n) is 16.1. The van der Waals surface area contributed by atoms with Crippen molar-refractivity contribution in [1.82, 2.24) is 14.9 Å². The maximum absolute atomic E-state index is 12.4. The zero-order chi connectivity index (χ0) is 19.9. The van der Waals surface area contributed by atoms with Gasteiger partial charge in [0.05, 0.1) is 0 Å². The number of rotatable bonds is 6. The molecule has 1 aromatic carbocycles. The number of aromatic nitrogens is 2. The van der Waals surface area contributed by atoms with Gasteiger partial charge in [-0.2, -0.15) is 0 Å². The van der Waals surface area contributed by atoms with E-state index in [1.54, 1.807) is 30.3 Å². The Morgan fingerprint density at radius 1 is 1.11 bits per heavy atom. The summed E-state index contributed by atoms with van der Waals surface area (Å²) in [7, 11) is 0. The summed E-state index contributed by atoms with van der Waals surface area (Å²) in [5, 5.41) is -0.373. The number of hydrogen-bond donors (Lipinski definition) is 0. The van der Waals surface area contributed by atoms with Gasteiger partial charge in [0.2, 0.25) is 5.95 Å². The van der Waals surface area contributed by atoms with E-state index in [4.69, 9.17) is 4.74 Å². The van der Waals surface area contributed by atoms with Crippen molar-refractivity contribution in [3.05, 3.63) is 48.3 Å². The van der Waals surface area contributed by atoms with E-state index in [0.29, 0.717) is 32.1 Å². The number of benzene rings is 1. The van der Waals surface area contributed by atoms with Gasteiger partial charge in [0.1, 0.15) is 5.25 Å². The second kappa shape index (κ2) is 9.54. The van der Waals surface area contributed by atoms with Crippen LogP contribution in [0.5, 0.6) is 0 Å². The molecule has 0 unspecified atom stereocenters. The molecule has 0 aliphatic carbocycles. The van der Waals surface area contributed by atoms with Crippen LogP contribution in [0.2, 0.25) is 0 Å². The number of nitrogens with zero attached hydrogens (tertiary/aromatic N) is 4. The summed E-state index contributed by atoms with van der Waals surface area (Å²) in [4.78, 5) is 37.8. The fourth-order valence-corrected chi connectivity index (χ4v) is 3.69. The predicted molar refractivity (Wildman–Crippen MR) is 108 cm³/mol. The van der Waals surface area contributed by atoms with E-state index in [0.717, 1.165) is 4.90 Å². The quantitative estimate of drug-likeness (QED) is 0.543. The van der Waals surface area contributed by atoms with Crippen molar-refractivity contribution < 1.29 is 14.3 Å². The molecule has 1 saturated heterocycles. The molecule has 2 heterocycles. The molecule has 1 atom stereocenters. The molecule has 1 aliphatic rings. The molecule has 28 heavy (non-hydrogen) atoms. The fourth-order valence-electron chi connectivity index (χ4n) is 2.82. The van der Waals surface area contributed by atoms with Crippen LogP contribution in [0, 0.1) is 6.92 Å². The molecule has 0 spiro atoms. The Morgan fingerprint density at radius 2 is 1.75 bits per heavy atom. The average molecular weight is 401 g/mol. The Hall–Kier alpha value is -2.61. The summed E-state index contributed by atoms with van der Waals surface area (Å²) in [5.74, 6) is 0.118. The fraction of sp³-hybridized carbons (Fsp3) is 0.400. The lowest BCUT2D eigenvalue weighted by molar-refractivity contribution is -0.151. The molecule has 0 radical (unpaired) electrons. The predicted octanol–water partition coefficient (Wildman–Crippen LogP) is 2.16. The molecule has 0 bridgehead atoms. The number of thioether (sulfide) groups is 1. The Bertz CT molecular complexity index is 793. The van der Waals surface area contributed by atoms with Gasteiger partial charge in [0.15, 0.2) is 6.61 Å². The maximum Gasteiger partial charge on any atom is 0.319 e. The second-order valence-corrected chi connectivity index (χ2v) is 8.01. The van der Waals surface area contributed by atoms with Crippen LogP contribution in [0.3, 0.4) is 0 Å². The van der Waals surface area contributed by atoms with Gasteiger partial charge in [-0.05, 0) is 32.0 Å². The molecule has 7 nitrogen and oxygen atoms in total. The monoisotopic (exact) mass is 400 g/mol. The van der Waals surface area contributed by atoms with Crippen LogP contribution in [0.1, 0.15) is 12.5 Å². The van der Waals surface area contributed by atoms with Crippen LogP contribution in [0.15, 0.2) is 47.6 Å². The van der Waals surface area contributed by atoms with E-state index in [1.165, 1.54) is 17.3 Å². The Balaban J connectivity index is 1.41. The highest BCUT2D eigenvalue weighted by molar-refractivity contribution is 8.00. The second-order valence-electron chi connectivity index (χ2n) is 6.60. The Labute approximate surface area is 169 Å². The molecule has 148 valence electrons. The van der Waals surface area contributed by atoms with Gasteiger partial charge in [-0.15, -0.1) is 11.8 Å².